The van der Waals surface area contributed by atoms with E-state index in [1.54, 1.807) is 7.11 Å². The van der Waals surface area contributed by atoms with Crippen molar-refractivity contribution in [3.8, 4) is 17.1 Å². The molecule has 1 unspecified atom stereocenters. The highest BCUT2D eigenvalue weighted by Crippen LogP contribution is 2.23. The zero-order chi connectivity index (χ0) is 21.6. The zero-order valence-electron chi connectivity index (χ0n) is 18.0. The second kappa shape index (κ2) is 9.75. The molecule has 0 bridgehead atoms. The number of ether oxygens (including phenoxy) is 1. The van der Waals surface area contributed by atoms with Gasteiger partial charge in [0.2, 0.25) is 17.6 Å². The van der Waals surface area contributed by atoms with Crippen LogP contribution in [0.4, 0.5) is 0 Å². The number of rotatable bonds is 7. The molecule has 1 aromatic heterocycles. The third kappa shape index (κ3) is 5.11. The van der Waals surface area contributed by atoms with Crippen LogP contribution in [-0.2, 0) is 11.2 Å². The smallest absolute Gasteiger partial charge is 0.244 e. The summed E-state index contributed by atoms with van der Waals surface area (Å²) in [5.41, 5.74) is 2.09. The SMILES string of the molecule is COc1ccc(CCC(=O)N2CCN(C(C)c3nc(-c4ccccc4)no3)CC2)cc1. The summed E-state index contributed by atoms with van der Waals surface area (Å²) in [5.74, 6) is 2.25. The van der Waals surface area contributed by atoms with Crippen LogP contribution in [0.15, 0.2) is 59.1 Å². The van der Waals surface area contributed by atoms with E-state index >= 15 is 0 Å². The molecule has 1 aliphatic heterocycles. The molecule has 1 amide bonds. The Morgan fingerprint density at radius 1 is 1.06 bits per heavy atom. The van der Waals surface area contributed by atoms with Gasteiger partial charge in [0.15, 0.2) is 0 Å². The van der Waals surface area contributed by atoms with Gasteiger partial charge < -0.3 is 14.2 Å². The van der Waals surface area contributed by atoms with Crippen LogP contribution in [0.1, 0.15) is 30.8 Å². The van der Waals surface area contributed by atoms with Gasteiger partial charge >= 0.3 is 0 Å². The van der Waals surface area contributed by atoms with E-state index in [1.165, 1.54) is 0 Å². The molecule has 7 nitrogen and oxygen atoms in total. The zero-order valence-corrected chi connectivity index (χ0v) is 18.0. The fourth-order valence-corrected chi connectivity index (χ4v) is 3.83. The van der Waals surface area contributed by atoms with Crippen molar-refractivity contribution in [3.05, 3.63) is 66.1 Å². The minimum absolute atomic E-state index is 0.0153. The molecule has 3 aromatic rings. The van der Waals surface area contributed by atoms with Gasteiger partial charge in [0.1, 0.15) is 5.75 Å². The second-order valence-electron chi connectivity index (χ2n) is 7.76. The highest BCUT2D eigenvalue weighted by Gasteiger charge is 2.27. The minimum Gasteiger partial charge on any atom is -0.497 e. The first-order chi connectivity index (χ1) is 15.1. The van der Waals surface area contributed by atoms with Crippen LogP contribution in [0.25, 0.3) is 11.4 Å². The third-order valence-corrected chi connectivity index (χ3v) is 5.83. The summed E-state index contributed by atoms with van der Waals surface area (Å²) >= 11 is 0. The van der Waals surface area contributed by atoms with Crippen LogP contribution in [-0.4, -0.2) is 59.1 Å². The van der Waals surface area contributed by atoms with Crippen molar-refractivity contribution >= 4 is 5.91 Å². The van der Waals surface area contributed by atoms with Gasteiger partial charge in [-0.1, -0.05) is 47.6 Å². The molecule has 7 heteroatoms. The standard InChI is InChI=1S/C24H28N4O3/c1-18(24-25-23(26-31-24)20-6-4-3-5-7-20)27-14-16-28(17-15-27)22(29)13-10-19-8-11-21(30-2)12-9-19/h3-9,11-12,18H,10,13-17H2,1-2H3. The summed E-state index contributed by atoms with van der Waals surface area (Å²) in [6.45, 7) is 5.08. The van der Waals surface area contributed by atoms with E-state index in [9.17, 15) is 4.79 Å². The molecule has 2 aromatic carbocycles. The number of carbonyl (C=O) groups excluding carboxylic acids is 1. The van der Waals surface area contributed by atoms with E-state index in [0.29, 0.717) is 31.2 Å². The largest absolute Gasteiger partial charge is 0.497 e. The van der Waals surface area contributed by atoms with E-state index < -0.39 is 0 Å². The topological polar surface area (TPSA) is 71.7 Å². The number of amides is 1. The molecular formula is C24H28N4O3. The number of piperazine rings is 1. The molecule has 2 heterocycles. The van der Waals surface area contributed by atoms with Gasteiger partial charge in [-0.15, -0.1) is 0 Å². The quantitative estimate of drug-likeness (QED) is 0.582. The van der Waals surface area contributed by atoms with Crippen LogP contribution >= 0.6 is 0 Å². The molecule has 162 valence electrons. The lowest BCUT2D eigenvalue weighted by molar-refractivity contribution is -0.133. The fraction of sp³-hybridized carbons (Fsp3) is 0.375. The average molecular weight is 421 g/mol. The summed E-state index contributed by atoms with van der Waals surface area (Å²) in [6, 6.07) is 17.7. The first-order valence-corrected chi connectivity index (χ1v) is 10.7. The molecule has 0 N–H and O–H groups in total. The monoisotopic (exact) mass is 420 g/mol. The van der Waals surface area contributed by atoms with Crippen molar-refractivity contribution in [2.24, 2.45) is 0 Å². The highest BCUT2D eigenvalue weighted by molar-refractivity contribution is 5.76. The van der Waals surface area contributed by atoms with Crippen molar-refractivity contribution in [1.82, 2.24) is 19.9 Å². The summed E-state index contributed by atoms with van der Waals surface area (Å²) in [7, 11) is 1.65. The Labute approximate surface area is 182 Å². The molecule has 0 saturated carbocycles. The van der Waals surface area contributed by atoms with Crippen LogP contribution < -0.4 is 4.74 Å². The molecular weight excluding hydrogens is 392 g/mol. The molecule has 1 aliphatic rings. The summed E-state index contributed by atoms with van der Waals surface area (Å²) in [4.78, 5) is 21.5. The number of methoxy groups -OCH3 is 1. The van der Waals surface area contributed by atoms with E-state index in [2.05, 4.69) is 22.0 Å². The van der Waals surface area contributed by atoms with Crippen LogP contribution in [0, 0.1) is 0 Å². The summed E-state index contributed by atoms with van der Waals surface area (Å²) < 4.78 is 10.7. The maximum atomic E-state index is 12.6. The van der Waals surface area contributed by atoms with Gasteiger partial charge in [0.25, 0.3) is 0 Å². The summed E-state index contributed by atoms with van der Waals surface area (Å²) in [5, 5.41) is 4.12. The lowest BCUT2D eigenvalue weighted by Gasteiger charge is -2.36. The molecule has 1 fully saturated rings. The Balaban J connectivity index is 1.27. The van der Waals surface area contributed by atoms with E-state index in [4.69, 9.17) is 9.26 Å². The molecule has 0 spiro atoms. The van der Waals surface area contributed by atoms with Gasteiger partial charge in [-0.25, -0.2) is 0 Å². The Bertz CT molecular complexity index is 980. The molecule has 1 saturated heterocycles. The van der Waals surface area contributed by atoms with Crippen molar-refractivity contribution in [2.75, 3.05) is 33.3 Å². The average Bonchev–Trinajstić information content (AvgIpc) is 3.33. The number of benzene rings is 2. The predicted molar refractivity (Wildman–Crippen MR) is 118 cm³/mol. The van der Waals surface area contributed by atoms with E-state index in [1.807, 2.05) is 59.5 Å². The molecule has 0 radical (unpaired) electrons. The van der Waals surface area contributed by atoms with E-state index in [0.717, 1.165) is 36.4 Å². The molecule has 4 rings (SSSR count). The Morgan fingerprint density at radius 2 is 1.77 bits per heavy atom. The predicted octanol–water partition coefficient (Wildman–Crippen LogP) is 3.58. The lowest BCUT2D eigenvalue weighted by atomic mass is 10.1. The molecule has 0 aliphatic carbocycles. The maximum Gasteiger partial charge on any atom is 0.244 e. The number of hydrogen-bond donors (Lipinski definition) is 0. The van der Waals surface area contributed by atoms with Gasteiger partial charge in [0, 0.05) is 38.2 Å². The third-order valence-electron chi connectivity index (χ3n) is 5.83. The van der Waals surface area contributed by atoms with Crippen LogP contribution in [0.2, 0.25) is 0 Å². The number of carbonyl (C=O) groups is 1. The number of nitrogens with zero attached hydrogens (tertiary/aromatic N) is 4. The highest BCUT2D eigenvalue weighted by atomic mass is 16.5. The summed E-state index contributed by atoms with van der Waals surface area (Å²) in [6.07, 6.45) is 1.26. The normalized spacial score (nSPS) is 15.6. The molecule has 31 heavy (non-hydrogen) atoms. The van der Waals surface area contributed by atoms with Crippen LogP contribution in [0.5, 0.6) is 5.75 Å². The fourth-order valence-electron chi connectivity index (χ4n) is 3.83. The molecule has 1 atom stereocenters. The number of aryl methyl sites for hydroxylation is 1. The first-order valence-electron chi connectivity index (χ1n) is 10.7. The Kier molecular flexibility index (Phi) is 6.62. The van der Waals surface area contributed by atoms with Gasteiger partial charge in [-0.2, -0.15) is 4.98 Å². The number of hydrogen-bond acceptors (Lipinski definition) is 6. The first kappa shape index (κ1) is 21.1. The minimum atomic E-state index is 0.0153. The van der Waals surface area contributed by atoms with Crippen molar-refractivity contribution in [1.29, 1.82) is 0 Å². The second-order valence-corrected chi connectivity index (χ2v) is 7.76. The Morgan fingerprint density at radius 3 is 2.45 bits per heavy atom. The number of aromatic nitrogens is 2. The maximum absolute atomic E-state index is 12.6. The van der Waals surface area contributed by atoms with Crippen molar-refractivity contribution in [2.45, 2.75) is 25.8 Å². The lowest BCUT2D eigenvalue weighted by Crippen LogP contribution is -2.49. The van der Waals surface area contributed by atoms with Gasteiger partial charge in [0.05, 0.1) is 13.2 Å². The Hall–Kier alpha value is -3.19. The van der Waals surface area contributed by atoms with Crippen molar-refractivity contribution in [3.63, 3.8) is 0 Å². The van der Waals surface area contributed by atoms with E-state index in [-0.39, 0.29) is 11.9 Å². The van der Waals surface area contributed by atoms with Crippen molar-refractivity contribution < 1.29 is 14.1 Å². The van der Waals surface area contributed by atoms with Gasteiger partial charge in [-0.05, 0) is 31.0 Å². The van der Waals surface area contributed by atoms with Gasteiger partial charge in [-0.3, -0.25) is 9.69 Å². The van der Waals surface area contributed by atoms with Crippen LogP contribution in [0.3, 0.4) is 0 Å².